The van der Waals surface area contributed by atoms with Gasteiger partial charge in [0.1, 0.15) is 34.5 Å². The Balaban J connectivity index is -0.000000983. The average Bonchev–Trinajstić information content (AvgIpc) is 3.15. The van der Waals surface area contributed by atoms with Crippen molar-refractivity contribution in [3.8, 4) is 0 Å². The molecule has 23 heteroatoms. The number of aliphatic carboxylic acids is 1. The van der Waals surface area contributed by atoms with Gasteiger partial charge in [-0.15, -0.1) is 0 Å². The summed E-state index contributed by atoms with van der Waals surface area (Å²) >= 11 is 0. The number of methoxy groups -OCH3 is 2. The van der Waals surface area contributed by atoms with Gasteiger partial charge in [0.15, 0.2) is 0 Å². The highest BCUT2D eigenvalue weighted by molar-refractivity contribution is 5.85. The number of amides is 7. The fraction of sp³-hybridized carbons (Fsp3) is 0.810. The van der Waals surface area contributed by atoms with Gasteiger partial charge >= 0.3 is 42.5 Å². The lowest BCUT2D eigenvalue weighted by atomic mass is 10.2. The number of carbonyl (C=O) groups is 8. The molecule has 0 aromatic carbocycles. The first-order chi connectivity index (χ1) is 29.7. The Kier molecular flexibility index (Phi) is 31.6. The molecule has 0 aliphatic rings. The molecule has 0 unspecified atom stereocenters. The first kappa shape index (κ1) is 63.8. The number of nitrogens with one attached hydrogen (secondary N) is 5. The van der Waals surface area contributed by atoms with Crippen LogP contribution in [-0.2, 0) is 38.0 Å². The number of hydrogen-bond donors (Lipinski definition) is 7. The molecular weight excluding hydrogens is 857 g/mol. The third kappa shape index (κ3) is 38.7. The molecule has 0 rings (SSSR count). The van der Waals surface area contributed by atoms with Crippen molar-refractivity contribution in [2.45, 2.75) is 157 Å². The Bertz CT molecular complexity index is 1460. The Hall–Kier alpha value is -5.48. The molecule has 0 aromatic rings. The molecule has 380 valence electrons. The molecule has 0 aromatic heterocycles. The van der Waals surface area contributed by atoms with E-state index in [1.165, 1.54) is 24.0 Å². The van der Waals surface area contributed by atoms with Gasteiger partial charge in [0.05, 0.1) is 14.2 Å². The van der Waals surface area contributed by atoms with E-state index in [9.17, 15) is 38.4 Å². The van der Waals surface area contributed by atoms with Crippen LogP contribution in [0.25, 0.3) is 0 Å². The maximum absolute atomic E-state index is 12.4. The third-order valence-electron chi connectivity index (χ3n) is 7.33. The van der Waals surface area contributed by atoms with E-state index in [1.54, 1.807) is 96.9 Å². The standard InChI is InChI=1S/C21H40N4O7.C12H25N3O4.C9H17NO4/c1-9-15(24-18(28)31-20(2,3)4)16(26)22-11-10-13-25(14-12-23-17(27)30-8)19(29)32-21(5,6)7;1-12(2,3)19-11(17)15(8-5-6-13)9-7-14-10(16)18-4;1-5-6(7(11)12)10-8(13)14-9(2,3)4/h15H,9-14H2,1-8H3,(H,22,26)(H,23,27)(H,24,28);5-9,13H2,1-4H3,(H,14,16);6H,5H2,1-4H3,(H,10,13)(H,11,12)/t15-;;6-/m0.0/s1. The molecule has 23 nitrogen and oxygen atoms in total. The lowest BCUT2D eigenvalue weighted by Gasteiger charge is -2.27. The Morgan fingerprint density at radius 3 is 1.17 bits per heavy atom. The van der Waals surface area contributed by atoms with Gasteiger partial charge in [0.25, 0.3) is 0 Å². The van der Waals surface area contributed by atoms with E-state index in [1.807, 2.05) is 0 Å². The van der Waals surface area contributed by atoms with E-state index in [0.29, 0.717) is 58.4 Å². The molecule has 0 saturated carbocycles. The minimum Gasteiger partial charge on any atom is -0.480 e. The maximum atomic E-state index is 12.4. The van der Waals surface area contributed by atoms with Crippen molar-refractivity contribution < 1.29 is 71.9 Å². The van der Waals surface area contributed by atoms with E-state index in [4.69, 9.17) is 29.8 Å². The van der Waals surface area contributed by atoms with Crippen LogP contribution in [0, 0.1) is 0 Å². The van der Waals surface area contributed by atoms with Gasteiger partial charge in [0.2, 0.25) is 5.91 Å². The van der Waals surface area contributed by atoms with Crippen LogP contribution in [0.15, 0.2) is 0 Å². The van der Waals surface area contributed by atoms with Crippen molar-refractivity contribution in [2.24, 2.45) is 5.73 Å². The minimum atomic E-state index is -1.06. The highest BCUT2D eigenvalue weighted by atomic mass is 16.6. The molecule has 0 fully saturated rings. The summed E-state index contributed by atoms with van der Waals surface area (Å²) < 4.78 is 29.7. The van der Waals surface area contributed by atoms with Crippen LogP contribution in [0.4, 0.5) is 28.8 Å². The fourth-order valence-corrected chi connectivity index (χ4v) is 4.45. The van der Waals surface area contributed by atoms with Gasteiger partial charge in [-0.25, -0.2) is 33.6 Å². The van der Waals surface area contributed by atoms with E-state index >= 15 is 0 Å². The van der Waals surface area contributed by atoms with Gasteiger partial charge in [-0.3, -0.25) is 4.79 Å². The molecule has 65 heavy (non-hydrogen) atoms. The fourth-order valence-electron chi connectivity index (χ4n) is 4.45. The molecule has 8 N–H and O–H groups in total. The zero-order chi connectivity index (χ0) is 51.2. The summed E-state index contributed by atoms with van der Waals surface area (Å²) in [5, 5.41) is 21.2. The molecule has 0 aliphatic carbocycles. The quantitative estimate of drug-likeness (QED) is 0.0682. The molecule has 0 saturated heterocycles. The summed E-state index contributed by atoms with van der Waals surface area (Å²) in [5.74, 6) is -1.40. The number of ether oxygens (including phenoxy) is 6. The zero-order valence-corrected chi connectivity index (χ0v) is 41.8. The lowest BCUT2D eigenvalue weighted by Crippen LogP contribution is -2.48. The second-order valence-electron chi connectivity index (χ2n) is 18.1. The molecule has 2 atom stereocenters. The van der Waals surface area contributed by atoms with Gasteiger partial charge in [-0.1, -0.05) is 13.8 Å². The minimum absolute atomic E-state index is 0.190. The number of alkyl carbamates (subject to hydrolysis) is 4. The van der Waals surface area contributed by atoms with Crippen LogP contribution in [0.3, 0.4) is 0 Å². The highest BCUT2D eigenvalue weighted by Crippen LogP contribution is 2.12. The molecular formula is C42H82N8O15. The third-order valence-corrected chi connectivity index (χ3v) is 7.33. The second kappa shape index (κ2) is 32.2. The summed E-state index contributed by atoms with van der Waals surface area (Å²) in [4.78, 5) is 95.4. The van der Waals surface area contributed by atoms with E-state index in [-0.39, 0.29) is 25.5 Å². The van der Waals surface area contributed by atoms with Crippen LogP contribution < -0.4 is 32.3 Å². The van der Waals surface area contributed by atoms with E-state index < -0.39 is 77.0 Å². The number of hydrogen-bond acceptors (Lipinski definition) is 15. The second-order valence-corrected chi connectivity index (χ2v) is 18.1. The molecule has 0 spiro atoms. The molecule has 0 bridgehead atoms. The number of carboxylic acids is 1. The smallest absolute Gasteiger partial charge is 0.410 e. The molecule has 0 radical (unpaired) electrons. The number of nitrogens with zero attached hydrogens (tertiary/aromatic N) is 2. The average molecular weight is 939 g/mol. The first-order valence-electron chi connectivity index (χ1n) is 21.5. The highest BCUT2D eigenvalue weighted by Gasteiger charge is 2.26. The van der Waals surface area contributed by atoms with Crippen molar-refractivity contribution >= 4 is 48.4 Å². The molecule has 7 amide bonds. The maximum Gasteiger partial charge on any atom is 0.410 e. The summed E-state index contributed by atoms with van der Waals surface area (Å²) in [6.45, 7) is 27.2. The predicted molar refractivity (Wildman–Crippen MR) is 242 cm³/mol. The van der Waals surface area contributed by atoms with Crippen LogP contribution in [-0.4, -0.2) is 164 Å². The Labute approximate surface area is 385 Å². The monoisotopic (exact) mass is 939 g/mol. The lowest BCUT2D eigenvalue weighted by molar-refractivity contribution is -0.139. The largest absolute Gasteiger partial charge is 0.480 e. The van der Waals surface area contributed by atoms with Crippen LogP contribution in [0.1, 0.15) is 123 Å². The topological polar surface area (TPSA) is 305 Å². The van der Waals surface area contributed by atoms with Gasteiger partial charge < -0.3 is 75.6 Å². The number of carbonyl (C=O) groups excluding carboxylic acids is 7. The first-order valence-corrected chi connectivity index (χ1v) is 21.5. The van der Waals surface area contributed by atoms with E-state index in [0.717, 1.165) is 0 Å². The van der Waals surface area contributed by atoms with Crippen LogP contribution >= 0.6 is 0 Å². The number of carboxylic acid groups (broad SMARTS) is 1. The van der Waals surface area contributed by atoms with Gasteiger partial charge in [0, 0.05) is 45.8 Å². The predicted octanol–water partition coefficient (Wildman–Crippen LogP) is 4.69. The summed E-state index contributed by atoms with van der Waals surface area (Å²) in [7, 11) is 2.54. The zero-order valence-electron chi connectivity index (χ0n) is 41.8. The van der Waals surface area contributed by atoms with Crippen molar-refractivity contribution in [1.29, 1.82) is 0 Å². The van der Waals surface area contributed by atoms with E-state index in [2.05, 4.69) is 36.1 Å². The Morgan fingerprint density at radius 1 is 0.508 bits per heavy atom. The van der Waals surface area contributed by atoms with Crippen LogP contribution in [0.2, 0.25) is 0 Å². The van der Waals surface area contributed by atoms with Crippen molar-refractivity contribution in [3.05, 3.63) is 0 Å². The normalized spacial score (nSPS) is 12.0. The van der Waals surface area contributed by atoms with Crippen molar-refractivity contribution in [1.82, 2.24) is 36.4 Å². The number of nitrogens with two attached hydrogens (primary N) is 1. The molecule has 0 aliphatic heterocycles. The summed E-state index contributed by atoms with van der Waals surface area (Å²) in [6, 6.07) is -1.61. The molecule has 0 heterocycles. The van der Waals surface area contributed by atoms with Crippen molar-refractivity contribution in [3.63, 3.8) is 0 Å². The van der Waals surface area contributed by atoms with Gasteiger partial charge in [-0.2, -0.15) is 0 Å². The van der Waals surface area contributed by atoms with Crippen molar-refractivity contribution in [2.75, 3.05) is 66.6 Å². The summed E-state index contributed by atoms with van der Waals surface area (Å²) in [6.07, 6.45) is -1.55. The van der Waals surface area contributed by atoms with Crippen LogP contribution in [0.5, 0.6) is 0 Å². The van der Waals surface area contributed by atoms with Gasteiger partial charge in [-0.05, 0) is 115 Å². The number of rotatable bonds is 19. The Morgan fingerprint density at radius 2 is 0.862 bits per heavy atom. The SMILES string of the molecule is CC[C@H](NC(=O)OC(C)(C)C)C(=O)NCCCN(CCNC(=O)OC)C(=O)OC(C)(C)C.CC[C@H](NC(=O)OC(C)(C)C)C(=O)O.COC(=O)NCCN(CCCN)C(=O)OC(C)(C)C. The summed E-state index contributed by atoms with van der Waals surface area (Å²) in [5.41, 5.74) is 2.95.